The van der Waals surface area contributed by atoms with Crippen molar-refractivity contribution in [3.63, 3.8) is 0 Å². The molecule has 0 aliphatic heterocycles. The second-order valence-electron chi connectivity index (χ2n) is 6.02. The molecule has 5 heteroatoms. The van der Waals surface area contributed by atoms with Crippen LogP contribution in [0.5, 0.6) is 0 Å². The summed E-state index contributed by atoms with van der Waals surface area (Å²) in [5, 5.41) is 11.3. The number of nitrogens with one attached hydrogen (secondary N) is 1. The molecule has 3 aromatic carbocycles. The van der Waals surface area contributed by atoms with E-state index in [0.717, 1.165) is 33.9 Å². The monoisotopic (exact) mass is 344 g/mol. The number of rotatable bonds is 4. The SMILES string of the molecule is Cn1cnnc1-c1ccc(Nc2cc(F)ccc2-c2ccccc2)cc1. The summed E-state index contributed by atoms with van der Waals surface area (Å²) in [6.45, 7) is 0. The summed E-state index contributed by atoms with van der Waals surface area (Å²) < 4.78 is 15.7. The normalized spacial score (nSPS) is 10.7. The van der Waals surface area contributed by atoms with Gasteiger partial charge in [0.1, 0.15) is 12.1 Å². The molecule has 128 valence electrons. The fraction of sp³-hybridized carbons (Fsp3) is 0.0476. The summed E-state index contributed by atoms with van der Waals surface area (Å²) in [5.74, 6) is 0.523. The van der Waals surface area contributed by atoms with Gasteiger partial charge in [0, 0.05) is 29.5 Å². The van der Waals surface area contributed by atoms with Crippen molar-refractivity contribution in [1.29, 1.82) is 0 Å². The summed E-state index contributed by atoms with van der Waals surface area (Å²) in [6.07, 6.45) is 1.67. The van der Waals surface area contributed by atoms with E-state index in [1.165, 1.54) is 12.1 Å². The van der Waals surface area contributed by atoms with E-state index in [4.69, 9.17) is 0 Å². The predicted octanol–water partition coefficient (Wildman–Crippen LogP) is 5.03. The zero-order valence-electron chi connectivity index (χ0n) is 14.2. The molecular weight excluding hydrogens is 327 g/mol. The number of aromatic nitrogens is 3. The molecule has 0 fully saturated rings. The third kappa shape index (κ3) is 3.19. The molecule has 4 aromatic rings. The highest BCUT2D eigenvalue weighted by Crippen LogP contribution is 2.31. The van der Waals surface area contributed by atoms with Crippen molar-refractivity contribution in [2.75, 3.05) is 5.32 Å². The van der Waals surface area contributed by atoms with Crippen LogP contribution in [0.15, 0.2) is 79.1 Å². The number of nitrogens with zero attached hydrogens (tertiary/aromatic N) is 3. The van der Waals surface area contributed by atoms with E-state index in [-0.39, 0.29) is 5.82 Å². The molecule has 4 rings (SSSR count). The molecule has 0 bridgehead atoms. The molecule has 0 unspecified atom stereocenters. The van der Waals surface area contributed by atoms with Crippen LogP contribution in [-0.4, -0.2) is 14.8 Å². The molecule has 0 saturated heterocycles. The molecule has 1 heterocycles. The van der Waals surface area contributed by atoms with E-state index in [1.54, 1.807) is 12.4 Å². The van der Waals surface area contributed by atoms with Crippen molar-refractivity contribution in [3.8, 4) is 22.5 Å². The Morgan fingerprint density at radius 2 is 1.65 bits per heavy atom. The van der Waals surface area contributed by atoms with Crippen molar-refractivity contribution in [1.82, 2.24) is 14.8 Å². The highest BCUT2D eigenvalue weighted by Gasteiger charge is 2.08. The van der Waals surface area contributed by atoms with Gasteiger partial charge in [-0.05, 0) is 48.0 Å². The van der Waals surface area contributed by atoms with Crippen LogP contribution in [0.3, 0.4) is 0 Å². The first-order valence-corrected chi connectivity index (χ1v) is 8.27. The van der Waals surface area contributed by atoms with E-state index in [9.17, 15) is 4.39 Å². The first kappa shape index (κ1) is 16.0. The quantitative estimate of drug-likeness (QED) is 0.564. The standard InChI is InChI=1S/C21H17FN4/c1-26-14-23-25-21(26)16-7-10-18(11-8-16)24-20-13-17(22)9-12-19(20)15-5-3-2-4-6-15/h2-14,24H,1H3. The lowest BCUT2D eigenvalue weighted by Gasteiger charge is -2.13. The van der Waals surface area contributed by atoms with Gasteiger partial charge in [0.15, 0.2) is 5.82 Å². The highest BCUT2D eigenvalue weighted by molar-refractivity contribution is 5.81. The molecule has 0 radical (unpaired) electrons. The first-order valence-electron chi connectivity index (χ1n) is 8.27. The predicted molar refractivity (Wildman–Crippen MR) is 102 cm³/mol. The van der Waals surface area contributed by atoms with Gasteiger partial charge in [0.25, 0.3) is 0 Å². The van der Waals surface area contributed by atoms with Gasteiger partial charge >= 0.3 is 0 Å². The Morgan fingerprint density at radius 3 is 2.35 bits per heavy atom. The third-order valence-corrected chi connectivity index (χ3v) is 4.20. The van der Waals surface area contributed by atoms with Gasteiger partial charge in [-0.3, -0.25) is 0 Å². The topological polar surface area (TPSA) is 42.7 Å². The van der Waals surface area contributed by atoms with Crippen molar-refractivity contribution in [2.45, 2.75) is 0 Å². The van der Waals surface area contributed by atoms with Crippen molar-refractivity contribution >= 4 is 11.4 Å². The Labute approximate surface area is 151 Å². The Hall–Kier alpha value is -3.47. The van der Waals surface area contributed by atoms with Gasteiger partial charge < -0.3 is 9.88 Å². The second kappa shape index (κ2) is 6.80. The van der Waals surface area contributed by atoms with Crippen LogP contribution < -0.4 is 5.32 Å². The molecule has 4 nitrogen and oxygen atoms in total. The van der Waals surface area contributed by atoms with Gasteiger partial charge in [0.2, 0.25) is 0 Å². The number of benzene rings is 3. The van der Waals surface area contributed by atoms with E-state index >= 15 is 0 Å². The zero-order chi connectivity index (χ0) is 17.9. The largest absolute Gasteiger partial charge is 0.355 e. The number of aryl methyl sites for hydroxylation is 1. The Balaban J connectivity index is 1.65. The summed E-state index contributed by atoms with van der Waals surface area (Å²) >= 11 is 0. The van der Waals surface area contributed by atoms with Crippen LogP contribution in [0.2, 0.25) is 0 Å². The lowest BCUT2D eigenvalue weighted by atomic mass is 10.0. The zero-order valence-corrected chi connectivity index (χ0v) is 14.2. The number of hydrogen-bond donors (Lipinski definition) is 1. The Bertz CT molecular complexity index is 1020. The Morgan fingerprint density at radius 1 is 0.885 bits per heavy atom. The van der Waals surface area contributed by atoms with E-state index in [1.807, 2.05) is 66.2 Å². The number of anilines is 2. The smallest absolute Gasteiger partial charge is 0.163 e. The maximum atomic E-state index is 13.8. The van der Waals surface area contributed by atoms with E-state index in [0.29, 0.717) is 0 Å². The van der Waals surface area contributed by atoms with Crippen LogP contribution in [-0.2, 0) is 7.05 Å². The van der Waals surface area contributed by atoms with Crippen molar-refractivity contribution in [2.24, 2.45) is 7.05 Å². The molecule has 0 aliphatic carbocycles. The Kier molecular flexibility index (Phi) is 4.19. The summed E-state index contributed by atoms with van der Waals surface area (Å²) in [5.41, 5.74) is 4.55. The van der Waals surface area contributed by atoms with Crippen LogP contribution in [0.1, 0.15) is 0 Å². The van der Waals surface area contributed by atoms with Gasteiger partial charge in [-0.2, -0.15) is 0 Å². The van der Waals surface area contributed by atoms with Gasteiger partial charge in [-0.1, -0.05) is 30.3 Å². The van der Waals surface area contributed by atoms with Crippen LogP contribution in [0, 0.1) is 5.82 Å². The van der Waals surface area contributed by atoms with Gasteiger partial charge in [0.05, 0.1) is 0 Å². The number of halogens is 1. The van der Waals surface area contributed by atoms with E-state index < -0.39 is 0 Å². The minimum Gasteiger partial charge on any atom is -0.355 e. The lowest BCUT2D eigenvalue weighted by Crippen LogP contribution is -1.95. The second-order valence-corrected chi connectivity index (χ2v) is 6.02. The van der Waals surface area contributed by atoms with Crippen LogP contribution in [0.25, 0.3) is 22.5 Å². The molecule has 0 spiro atoms. The number of hydrogen-bond acceptors (Lipinski definition) is 3. The van der Waals surface area contributed by atoms with Gasteiger partial charge in [-0.15, -0.1) is 10.2 Å². The summed E-state index contributed by atoms with van der Waals surface area (Å²) in [4.78, 5) is 0. The average Bonchev–Trinajstić information content (AvgIpc) is 3.09. The third-order valence-electron chi connectivity index (χ3n) is 4.20. The molecule has 0 aliphatic rings. The molecule has 0 amide bonds. The van der Waals surface area contributed by atoms with Crippen molar-refractivity contribution < 1.29 is 4.39 Å². The van der Waals surface area contributed by atoms with Crippen molar-refractivity contribution in [3.05, 3.63) is 84.9 Å². The fourth-order valence-electron chi connectivity index (χ4n) is 2.89. The van der Waals surface area contributed by atoms with E-state index in [2.05, 4.69) is 15.5 Å². The molecular formula is C21H17FN4. The highest BCUT2D eigenvalue weighted by atomic mass is 19.1. The molecule has 1 aromatic heterocycles. The summed E-state index contributed by atoms with van der Waals surface area (Å²) in [7, 11) is 1.90. The fourth-order valence-corrected chi connectivity index (χ4v) is 2.89. The van der Waals surface area contributed by atoms with Gasteiger partial charge in [-0.25, -0.2) is 4.39 Å². The molecule has 0 saturated carbocycles. The van der Waals surface area contributed by atoms with Crippen LogP contribution >= 0.6 is 0 Å². The summed E-state index contributed by atoms with van der Waals surface area (Å²) in [6, 6.07) is 22.5. The molecule has 0 atom stereocenters. The first-order chi connectivity index (χ1) is 12.7. The average molecular weight is 344 g/mol. The van der Waals surface area contributed by atoms with Crippen LogP contribution in [0.4, 0.5) is 15.8 Å². The maximum absolute atomic E-state index is 13.8. The maximum Gasteiger partial charge on any atom is 0.163 e. The lowest BCUT2D eigenvalue weighted by molar-refractivity contribution is 0.628. The molecule has 26 heavy (non-hydrogen) atoms. The molecule has 1 N–H and O–H groups in total. The minimum atomic E-state index is -0.275. The minimum absolute atomic E-state index is 0.275.